The minimum atomic E-state index is -0.394. The van der Waals surface area contributed by atoms with Crippen molar-refractivity contribution < 1.29 is 4.79 Å². The smallest absolute Gasteiger partial charge is 0.275 e. The number of amides is 1. The number of hydrogen-bond acceptors (Lipinski definition) is 3. The number of rotatable bonds is 2. The molecule has 0 radical (unpaired) electrons. The Morgan fingerprint density at radius 2 is 1.89 bits per heavy atom. The highest BCUT2D eigenvalue weighted by molar-refractivity contribution is 9.10. The highest BCUT2D eigenvalue weighted by Gasteiger charge is 2.12. The first kappa shape index (κ1) is 12.9. The van der Waals surface area contributed by atoms with Gasteiger partial charge in [-0.15, -0.1) is 0 Å². The topological polar surface area (TPSA) is 68.0 Å². The number of benzene rings is 1. The van der Waals surface area contributed by atoms with E-state index in [1.54, 1.807) is 24.3 Å². The average molecular weight is 327 g/mol. The summed E-state index contributed by atoms with van der Waals surface area (Å²) in [6.07, 6.45) is 0. The summed E-state index contributed by atoms with van der Waals surface area (Å²) >= 11 is 9.21. The molecule has 18 heavy (non-hydrogen) atoms. The van der Waals surface area contributed by atoms with Gasteiger partial charge in [-0.3, -0.25) is 4.79 Å². The monoisotopic (exact) mass is 325 g/mol. The van der Waals surface area contributed by atoms with Gasteiger partial charge in [-0.05, 0) is 36.4 Å². The van der Waals surface area contributed by atoms with Crippen LogP contribution in [-0.2, 0) is 0 Å². The highest BCUT2D eigenvalue weighted by Crippen LogP contribution is 2.18. The Hall–Kier alpha value is -1.59. The molecule has 0 unspecified atom stereocenters. The first-order chi connectivity index (χ1) is 8.56. The predicted octanol–water partition coefficient (Wildman–Crippen LogP) is 3.33. The van der Waals surface area contributed by atoms with E-state index < -0.39 is 5.91 Å². The summed E-state index contributed by atoms with van der Waals surface area (Å²) in [6, 6.07) is 10.3. The molecule has 0 fully saturated rings. The van der Waals surface area contributed by atoms with Crippen molar-refractivity contribution in [3.05, 3.63) is 51.6 Å². The predicted molar refractivity (Wildman–Crippen MR) is 75.8 cm³/mol. The standard InChI is InChI=1S/C12H9BrClN3O/c13-7-1-3-8(4-2-7)16-12(18)11-9(14)5-6-10(15)17-11/h1-6H,(H2,15,17)(H,16,18). The number of nitrogens with two attached hydrogens (primary N) is 1. The Morgan fingerprint density at radius 1 is 1.22 bits per heavy atom. The molecular formula is C12H9BrClN3O. The van der Waals surface area contributed by atoms with Crippen molar-refractivity contribution in [2.75, 3.05) is 11.1 Å². The second-order valence-corrected chi connectivity index (χ2v) is 4.85. The van der Waals surface area contributed by atoms with Crippen molar-refractivity contribution in [3.63, 3.8) is 0 Å². The molecule has 0 spiro atoms. The molecule has 2 aromatic rings. The fourth-order valence-electron chi connectivity index (χ4n) is 1.34. The van der Waals surface area contributed by atoms with Crippen LogP contribution in [0.15, 0.2) is 40.9 Å². The van der Waals surface area contributed by atoms with E-state index in [0.29, 0.717) is 5.69 Å². The zero-order valence-corrected chi connectivity index (χ0v) is 11.5. The van der Waals surface area contributed by atoms with E-state index in [9.17, 15) is 4.79 Å². The van der Waals surface area contributed by atoms with E-state index in [2.05, 4.69) is 26.2 Å². The van der Waals surface area contributed by atoms with Crippen LogP contribution in [0, 0.1) is 0 Å². The number of anilines is 2. The lowest BCUT2D eigenvalue weighted by atomic mass is 10.3. The number of nitrogens with one attached hydrogen (secondary N) is 1. The van der Waals surface area contributed by atoms with Crippen LogP contribution in [0.25, 0.3) is 0 Å². The molecule has 1 heterocycles. The third-order valence-electron chi connectivity index (χ3n) is 2.18. The van der Waals surface area contributed by atoms with Crippen LogP contribution in [0.3, 0.4) is 0 Å². The Labute approximate surface area is 117 Å². The van der Waals surface area contributed by atoms with E-state index in [4.69, 9.17) is 17.3 Å². The van der Waals surface area contributed by atoms with E-state index in [1.807, 2.05) is 12.1 Å². The zero-order valence-electron chi connectivity index (χ0n) is 9.15. The molecule has 4 nitrogen and oxygen atoms in total. The van der Waals surface area contributed by atoms with Crippen LogP contribution >= 0.6 is 27.5 Å². The zero-order chi connectivity index (χ0) is 13.1. The number of aromatic nitrogens is 1. The first-order valence-corrected chi connectivity index (χ1v) is 6.22. The summed E-state index contributed by atoms with van der Waals surface area (Å²) in [6.45, 7) is 0. The molecule has 0 aliphatic rings. The van der Waals surface area contributed by atoms with Crippen molar-refractivity contribution in [2.24, 2.45) is 0 Å². The largest absolute Gasteiger partial charge is 0.384 e. The van der Waals surface area contributed by atoms with Gasteiger partial charge < -0.3 is 11.1 Å². The molecule has 0 saturated heterocycles. The summed E-state index contributed by atoms with van der Waals surface area (Å²) in [5.74, 6) is -0.144. The third kappa shape index (κ3) is 3.00. The molecule has 0 saturated carbocycles. The maximum absolute atomic E-state index is 11.9. The van der Waals surface area contributed by atoms with E-state index in [1.165, 1.54) is 0 Å². The summed E-state index contributed by atoms with van der Waals surface area (Å²) < 4.78 is 0.931. The average Bonchev–Trinajstić information content (AvgIpc) is 2.35. The van der Waals surface area contributed by atoms with E-state index in [0.717, 1.165) is 4.47 Å². The summed E-state index contributed by atoms with van der Waals surface area (Å²) in [5, 5.41) is 2.95. The van der Waals surface area contributed by atoms with Crippen molar-refractivity contribution in [1.29, 1.82) is 0 Å². The molecule has 3 N–H and O–H groups in total. The molecule has 1 amide bonds. The minimum Gasteiger partial charge on any atom is -0.384 e. The Morgan fingerprint density at radius 3 is 2.56 bits per heavy atom. The van der Waals surface area contributed by atoms with Crippen molar-refractivity contribution in [2.45, 2.75) is 0 Å². The molecule has 0 aliphatic heterocycles. The number of halogens is 2. The summed E-state index contributed by atoms with van der Waals surface area (Å²) in [4.78, 5) is 15.9. The quantitative estimate of drug-likeness (QED) is 0.889. The van der Waals surface area contributed by atoms with Gasteiger partial charge in [-0.2, -0.15) is 0 Å². The van der Waals surface area contributed by atoms with Gasteiger partial charge in [-0.1, -0.05) is 27.5 Å². The number of nitrogens with zero attached hydrogens (tertiary/aromatic N) is 1. The van der Waals surface area contributed by atoms with E-state index >= 15 is 0 Å². The second kappa shape index (κ2) is 5.37. The van der Waals surface area contributed by atoms with Gasteiger partial charge in [0.2, 0.25) is 0 Å². The number of nitrogen functional groups attached to an aromatic ring is 1. The van der Waals surface area contributed by atoms with Gasteiger partial charge in [0.05, 0.1) is 5.02 Å². The van der Waals surface area contributed by atoms with Gasteiger partial charge in [0, 0.05) is 10.2 Å². The first-order valence-electron chi connectivity index (χ1n) is 5.05. The fourth-order valence-corrected chi connectivity index (χ4v) is 1.80. The number of hydrogen-bond donors (Lipinski definition) is 2. The molecule has 0 atom stereocenters. The van der Waals surface area contributed by atoms with Crippen LogP contribution in [0.4, 0.5) is 11.5 Å². The van der Waals surface area contributed by atoms with Crippen LogP contribution in [0.2, 0.25) is 5.02 Å². The van der Waals surface area contributed by atoms with Crippen molar-refractivity contribution in [1.82, 2.24) is 4.98 Å². The molecule has 2 rings (SSSR count). The molecule has 92 valence electrons. The lowest BCUT2D eigenvalue weighted by Gasteiger charge is -2.06. The maximum Gasteiger partial charge on any atom is 0.275 e. The Bertz CT molecular complexity index is 586. The van der Waals surface area contributed by atoms with Gasteiger partial charge in [0.1, 0.15) is 11.5 Å². The minimum absolute atomic E-state index is 0.111. The molecule has 1 aromatic carbocycles. The number of carbonyl (C=O) groups is 1. The third-order valence-corrected chi connectivity index (χ3v) is 3.02. The summed E-state index contributed by atoms with van der Waals surface area (Å²) in [7, 11) is 0. The van der Waals surface area contributed by atoms with Gasteiger partial charge in [0.25, 0.3) is 5.91 Å². The Balaban J connectivity index is 2.21. The molecule has 0 bridgehead atoms. The van der Waals surface area contributed by atoms with Gasteiger partial charge in [0.15, 0.2) is 0 Å². The van der Waals surface area contributed by atoms with Crippen LogP contribution in [-0.4, -0.2) is 10.9 Å². The summed E-state index contributed by atoms with van der Waals surface area (Å²) in [5.41, 5.74) is 6.29. The molecule has 1 aromatic heterocycles. The van der Waals surface area contributed by atoms with Crippen LogP contribution < -0.4 is 11.1 Å². The lowest BCUT2D eigenvalue weighted by molar-refractivity contribution is 0.102. The molecule has 0 aliphatic carbocycles. The second-order valence-electron chi connectivity index (χ2n) is 3.53. The number of carbonyl (C=O) groups excluding carboxylic acids is 1. The van der Waals surface area contributed by atoms with Crippen LogP contribution in [0.5, 0.6) is 0 Å². The maximum atomic E-state index is 11.9. The van der Waals surface area contributed by atoms with Crippen molar-refractivity contribution in [3.8, 4) is 0 Å². The molecular weight excluding hydrogens is 318 g/mol. The lowest BCUT2D eigenvalue weighted by Crippen LogP contribution is -2.15. The van der Waals surface area contributed by atoms with Gasteiger partial charge in [-0.25, -0.2) is 4.98 Å². The molecule has 6 heteroatoms. The van der Waals surface area contributed by atoms with E-state index in [-0.39, 0.29) is 16.5 Å². The fraction of sp³-hybridized carbons (Fsp3) is 0. The highest BCUT2D eigenvalue weighted by atomic mass is 79.9. The van der Waals surface area contributed by atoms with Gasteiger partial charge >= 0.3 is 0 Å². The normalized spacial score (nSPS) is 10.1. The van der Waals surface area contributed by atoms with Crippen molar-refractivity contribution >= 4 is 44.9 Å². The Kier molecular flexibility index (Phi) is 3.84. The SMILES string of the molecule is Nc1ccc(Cl)c(C(=O)Nc2ccc(Br)cc2)n1. The van der Waals surface area contributed by atoms with Crippen LogP contribution in [0.1, 0.15) is 10.5 Å². The number of pyridine rings is 1.